The van der Waals surface area contributed by atoms with Gasteiger partial charge in [0.15, 0.2) is 0 Å². The zero-order valence-corrected chi connectivity index (χ0v) is 60.0. The van der Waals surface area contributed by atoms with E-state index in [0.29, 0.717) is 25.9 Å². The molecular weight excluding hydrogens is 1080 g/mol. The zero-order valence-electron chi connectivity index (χ0n) is 60.0. The maximum atomic E-state index is 12.6. The molecule has 522 valence electrons. The second-order valence-corrected chi connectivity index (χ2v) is 28.1. The van der Waals surface area contributed by atoms with Crippen LogP contribution in [-0.4, -0.2) is 47.4 Å². The summed E-state index contributed by atoms with van der Waals surface area (Å²) in [5, 5.41) is 23.5. The standard InChI is InChI=1S/C82H159NO5/c1-3-5-7-9-11-13-15-17-19-21-23-24-32-35-39-42-46-50-54-58-62-66-70-74-80(85)79(78-84)83-81(86)75-71-67-63-59-55-51-47-43-40-36-33-30-28-26-25-27-29-31-34-37-41-45-49-53-57-61-65-69-73-77-88-82(87)76-72-68-64-60-56-52-48-44-38-22-20-18-16-14-12-10-8-6-4-2/h25,27,31,34,79-80,84-85H,3-24,26,28-30,32-33,35-78H2,1-2H3,(H,83,86)/b27-25-,34-31-. The van der Waals surface area contributed by atoms with E-state index >= 15 is 0 Å². The monoisotopic (exact) mass is 1240 g/mol. The highest BCUT2D eigenvalue weighted by Crippen LogP contribution is 2.20. The number of rotatable bonds is 77. The average Bonchev–Trinajstić information content (AvgIpc) is 3.57. The second-order valence-electron chi connectivity index (χ2n) is 28.1. The van der Waals surface area contributed by atoms with Crippen molar-refractivity contribution in [3.8, 4) is 0 Å². The van der Waals surface area contributed by atoms with Crippen LogP contribution in [0.4, 0.5) is 0 Å². The smallest absolute Gasteiger partial charge is 0.305 e. The van der Waals surface area contributed by atoms with Gasteiger partial charge in [0.05, 0.1) is 25.4 Å². The van der Waals surface area contributed by atoms with Gasteiger partial charge in [0.1, 0.15) is 0 Å². The molecule has 2 atom stereocenters. The molecule has 2 unspecified atom stereocenters. The topological polar surface area (TPSA) is 95.9 Å². The number of unbranched alkanes of at least 4 members (excludes halogenated alkanes) is 62. The lowest BCUT2D eigenvalue weighted by Crippen LogP contribution is -2.45. The van der Waals surface area contributed by atoms with Crippen molar-refractivity contribution in [2.45, 2.75) is 475 Å². The van der Waals surface area contributed by atoms with Gasteiger partial charge in [-0.1, -0.05) is 417 Å². The van der Waals surface area contributed by atoms with Crippen LogP contribution in [0.3, 0.4) is 0 Å². The molecule has 0 fully saturated rings. The van der Waals surface area contributed by atoms with Gasteiger partial charge < -0.3 is 20.3 Å². The average molecular weight is 1240 g/mol. The Hall–Kier alpha value is -1.66. The van der Waals surface area contributed by atoms with Crippen molar-refractivity contribution in [3.05, 3.63) is 24.3 Å². The van der Waals surface area contributed by atoms with E-state index in [1.54, 1.807) is 0 Å². The molecule has 6 nitrogen and oxygen atoms in total. The van der Waals surface area contributed by atoms with Gasteiger partial charge in [-0.2, -0.15) is 0 Å². The molecule has 0 bridgehead atoms. The quantitative estimate of drug-likeness (QED) is 0.0320. The Bertz CT molecular complexity index is 1380. The maximum Gasteiger partial charge on any atom is 0.305 e. The van der Waals surface area contributed by atoms with E-state index < -0.39 is 12.1 Å². The Morgan fingerprint density at radius 1 is 0.318 bits per heavy atom. The van der Waals surface area contributed by atoms with Crippen LogP contribution in [0.2, 0.25) is 0 Å². The summed E-state index contributed by atoms with van der Waals surface area (Å²) in [6.45, 7) is 5.01. The maximum absolute atomic E-state index is 12.6. The summed E-state index contributed by atoms with van der Waals surface area (Å²) in [5.41, 5.74) is 0. The van der Waals surface area contributed by atoms with Crippen LogP contribution >= 0.6 is 0 Å². The minimum atomic E-state index is -0.667. The van der Waals surface area contributed by atoms with Crippen LogP contribution in [0.15, 0.2) is 24.3 Å². The molecule has 0 radical (unpaired) electrons. The van der Waals surface area contributed by atoms with Gasteiger partial charge in [0.2, 0.25) is 5.91 Å². The molecule has 6 heteroatoms. The fourth-order valence-corrected chi connectivity index (χ4v) is 13.1. The molecule has 0 aromatic carbocycles. The van der Waals surface area contributed by atoms with Crippen molar-refractivity contribution in [3.63, 3.8) is 0 Å². The number of hydrogen-bond donors (Lipinski definition) is 3. The Labute approximate surface area is 551 Å². The molecule has 0 rings (SSSR count). The third-order valence-corrected chi connectivity index (χ3v) is 19.3. The van der Waals surface area contributed by atoms with Crippen LogP contribution in [0.1, 0.15) is 463 Å². The Morgan fingerprint density at radius 3 is 0.864 bits per heavy atom. The number of nitrogens with one attached hydrogen (secondary N) is 1. The summed E-state index contributed by atoms with van der Waals surface area (Å²) < 4.78 is 5.52. The summed E-state index contributed by atoms with van der Waals surface area (Å²) >= 11 is 0. The minimum absolute atomic E-state index is 0.0181. The van der Waals surface area contributed by atoms with Crippen LogP contribution in [0.5, 0.6) is 0 Å². The van der Waals surface area contributed by atoms with Crippen molar-refractivity contribution < 1.29 is 24.5 Å². The highest BCUT2D eigenvalue weighted by molar-refractivity contribution is 5.76. The molecule has 3 N–H and O–H groups in total. The molecule has 0 aliphatic heterocycles. The highest BCUT2D eigenvalue weighted by atomic mass is 16.5. The fraction of sp³-hybridized carbons (Fsp3) is 0.927. The molecule has 0 spiro atoms. The number of carbonyl (C=O) groups is 2. The third kappa shape index (κ3) is 73.4. The molecular formula is C82H159NO5. The highest BCUT2D eigenvalue weighted by Gasteiger charge is 2.20. The van der Waals surface area contributed by atoms with Crippen LogP contribution in [0.25, 0.3) is 0 Å². The van der Waals surface area contributed by atoms with Crippen LogP contribution in [0, 0.1) is 0 Å². The number of hydrogen-bond acceptors (Lipinski definition) is 5. The zero-order chi connectivity index (χ0) is 63.5. The molecule has 0 aromatic rings. The number of carbonyl (C=O) groups excluding carboxylic acids is 2. The first-order chi connectivity index (χ1) is 43.5. The fourth-order valence-electron chi connectivity index (χ4n) is 13.1. The van der Waals surface area contributed by atoms with E-state index in [0.717, 1.165) is 44.9 Å². The summed E-state index contributed by atoms with van der Waals surface area (Å²) in [7, 11) is 0. The molecule has 0 aromatic heterocycles. The Kier molecular flexibility index (Phi) is 76.3. The Balaban J connectivity index is 3.38. The SMILES string of the molecule is CCCCCCCCCCCCCCCCCCCCCCCCCC(O)C(CO)NC(=O)CCCCCCCCCCCCCCC/C=C\C/C=C\CCCCCCCCCCCOC(=O)CCCCCCCCCCCCCCCCCCCCC. The lowest BCUT2D eigenvalue weighted by Gasteiger charge is -2.22. The lowest BCUT2D eigenvalue weighted by molar-refractivity contribution is -0.143. The van der Waals surface area contributed by atoms with Crippen molar-refractivity contribution in [2.24, 2.45) is 0 Å². The molecule has 0 saturated heterocycles. The summed E-state index contributed by atoms with van der Waals surface area (Å²) in [5.74, 6) is -0.0123. The van der Waals surface area contributed by atoms with Crippen molar-refractivity contribution in [2.75, 3.05) is 13.2 Å². The minimum Gasteiger partial charge on any atom is -0.466 e. The molecule has 0 aliphatic rings. The van der Waals surface area contributed by atoms with Gasteiger partial charge in [-0.15, -0.1) is 0 Å². The number of aliphatic hydroxyl groups excluding tert-OH is 2. The second kappa shape index (κ2) is 77.8. The van der Waals surface area contributed by atoms with Gasteiger partial charge in [0.25, 0.3) is 0 Å². The van der Waals surface area contributed by atoms with Crippen LogP contribution in [-0.2, 0) is 14.3 Å². The molecule has 0 aliphatic carbocycles. The summed E-state index contributed by atoms with van der Waals surface area (Å²) in [6, 6.07) is -0.544. The van der Waals surface area contributed by atoms with E-state index in [1.807, 2.05) is 0 Å². The van der Waals surface area contributed by atoms with E-state index in [-0.39, 0.29) is 18.5 Å². The Morgan fingerprint density at radius 2 is 0.568 bits per heavy atom. The van der Waals surface area contributed by atoms with Crippen molar-refractivity contribution in [1.82, 2.24) is 5.32 Å². The van der Waals surface area contributed by atoms with E-state index in [4.69, 9.17) is 4.74 Å². The molecule has 1 amide bonds. The van der Waals surface area contributed by atoms with Gasteiger partial charge in [0, 0.05) is 12.8 Å². The first-order valence-electron chi connectivity index (χ1n) is 40.6. The van der Waals surface area contributed by atoms with Gasteiger partial charge in [-0.3, -0.25) is 9.59 Å². The summed E-state index contributed by atoms with van der Waals surface area (Å²) in [4.78, 5) is 24.7. The molecule has 88 heavy (non-hydrogen) atoms. The van der Waals surface area contributed by atoms with E-state index in [2.05, 4.69) is 43.5 Å². The number of amides is 1. The number of allylic oxidation sites excluding steroid dienone is 4. The van der Waals surface area contributed by atoms with Gasteiger partial charge in [-0.05, 0) is 57.8 Å². The first kappa shape index (κ1) is 86.3. The van der Waals surface area contributed by atoms with Crippen molar-refractivity contribution in [1.29, 1.82) is 0 Å². The van der Waals surface area contributed by atoms with E-state index in [9.17, 15) is 19.8 Å². The normalized spacial score (nSPS) is 12.5. The summed E-state index contributed by atoms with van der Waals surface area (Å²) in [6.07, 6.45) is 99.9. The first-order valence-corrected chi connectivity index (χ1v) is 40.6. The number of ether oxygens (including phenoxy) is 1. The van der Waals surface area contributed by atoms with E-state index in [1.165, 1.54) is 385 Å². The van der Waals surface area contributed by atoms with Crippen molar-refractivity contribution >= 4 is 11.9 Å². The number of aliphatic hydroxyl groups is 2. The molecule has 0 heterocycles. The van der Waals surface area contributed by atoms with Gasteiger partial charge in [-0.25, -0.2) is 0 Å². The lowest BCUT2D eigenvalue weighted by atomic mass is 10.0. The largest absolute Gasteiger partial charge is 0.466 e. The third-order valence-electron chi connectivity index (χ3n) is 19.3. The van der Waals surface area contributed by atoms with Gasteiger partial charge >= 0.3 is 5.97 Å². The predicted octanol–water partition coefficient (Wildman–Crippen LogP) is 26.8. The predicted molar refractivity (Wildman–Crippen MR) is 389 cm³/mol. The molecule has 0 saturated carbocycles. The number of esters is 1. The van der Waals surface area contributed by atoms with Crippen LogP contribution < -0.4 is 5.32 Å².